The van der Waals surface area contributed by atoms with E-state index >= 15 is 0 Å². The molecule has 8 aliphatic rings. The van der Waals surface area contributed by atoms with Crippen molar-refractivity contribution in [2.45, 2.75) is 64.4 Å². The summed E-state index contributed by atoms with van der Waals surface area (Å²) < 4.78 is 15.0. The molecule has 78 heavy (non-hydrogen) atoms. The third-order valence-electron chi connectivity index (χ3n) is 22.4. The SMILES string of the molecule is [CH3][Ge]1([CH3])[C@]2(c3ccccc3)C(c3ccccc3)=C(c3ccccc3)[C@@]1(c1ccccc1)[C@@H]1[C@H]2[C@@H]2O[C@H]1c1cc3c(cc12)[C@@H]1O[C@H]3[C@@H]2[C@H]1[C@]1(c3ccccc3)C(c3ccccc3)=C(c3ccccc3)[C@@]2(c2ccccc2)[Ge]1([CH3])[CH3]. The predicted octanol–water partition coefficient (Wildman–Crippen LogP) is 17.0. The van der Waals surface area contributed by atoms with E-state index in [0.717, 1.165) is 0 Å². The molecule has 0 aliphatic carbocycles. The van der Waals surface area contributed by atoms with E-state index in [1.54, 1.807) is 22.3 Å². The third-order valence-corrected chi connectivity index (χ3v) is 46.2. The van der Waals surface area contributed by atoms with Crippen LogP contribution in [0.3, 0.4) is 0 Å². The summed E-state index contributed by atoms with van der Waals surface area (Å²) >= 11 is -6.87. The van der Waals surface area contributed by atoms with E-state index in [1.807, 2.05) is 0 Å². The molecule has 378 valence electrons. The average Bonchev–Trinajstić information content (AvgIpc) is 1.89. The summed E-state index contributed by atoms with van der Waals surface area (Å²) in [6, 6.07) is 99.1. The number of fused-ring (bicyclic) bond motifs is 24. The van der Waals surface area contributed by atoms with Gasteiger partial charge < -0.3 is 0 Å². The number of allylic oxidation sites excluding steroid dienone is 4. The van der Waals surface area contributed by atoms with Crippen molar-refractivity contribution in [1.29, 1.82) is 0 Å². The van der Waals surface area contributed by atoms with Gasteiger partial charge in [-0.25, -0.2) is 0 Å². The van der Waals surface area contributed by atoms with Crippen molar-refractivity contribution in [2.75, 3.05) is 0 Å². The van der Waals surface area contributed by atoms with Gasteiger partial charge in [0.25, 0.3) is 0 Å². The first-order valence-corrected chi connectivity index (χ1v) is 41.3. The molecule has 4 fully saturated rings. The summed E-state index contributed by atoms with van der Waals surface area (Å²) in [7, 11) is 0. The molecule has 8 heterocycles. The van der Waals surface area contributed by atoms with E-state index in [0.29, 0.717) is 0 Å². The molecule has 0 unspecified atom stereocenters. The summed E-state index contributed by atoms with van der Waals surface area (Å²) in [5, 5.41) is 0. The van der Waals surface area contributed by atoms with E-state index < -0.39 is 26.5 Å². The Labute approximate surface area is 464 Å². The number of hydrogen-bond acceptors (Lipinski definition) is 2. The predicted molar refractivity (Wildman–Crippen MR) is 320 cm³/mol. The molecule has 4 saturated heterocycles. The molecule has 0 amide bonds. The third kappa shape index (κ3) is 5.07. The first kappa shape index (κ1) is 46.4. The van der Waals surface area contributed by atoms with Gasteiger partial charge in [0.05, 0.1) is 0 Å². The van der Waals surface area contributed by atoms with E-state index in [9.17, 15) is 0 Å². The molecule has 0 N–H and O–H groups in total. The van der Waals surface area contributed by atoms with Crippen LogP contribution in [-0.4, -0.2) is 26.5 Å². The van der Waals surface area contributed by atoms with Gasteiger partial charge in [0, 0.05) is 0 Å². The van der Waals surface area contributed by atoms with Crippen LogP contribution in [0.15, 0.2) is 255 Å². The van der Waals surface area contributed by atoms with Gasteiger partial charge in [0.2, 0.25) is 0 Å². The van der Waals surface area contributed by atoms with Crippen LogP contribution in [-0.2, 0) is 26.5 Å². The summed E-state index contributed by atoms with van der Waals surface area (Å²) in [4.78, 5) is 0. The van der Waals surface area contributed by atoms with E-state index in [4.69, 9.17) is 9.47 Å². The average molecular weight is 1130 g/mol. The first-order valence-electron chi connectivity index (χ1n) is 28.7. The molecule has 17 rings (SSSR count). The Balaban J connectivity index is 0.941. The number of benzene rings is 9. The van der Waals surface area contributed by atoms with Crippen molar-refractivity contribution in [3.8, 4) is 0 Å². The second-order valence-electron chi connectivity index (χ2n) is 25.1. The van der Waals surface area contributed by atoms with Crippen molar-refractivity contribution in [1.82, 2.24) is 0 Å². The van der Waals surface area contributed by atoms with Gasteiger partial charge in [0.1, 0.15) is 0 Å². The van der Waals surface area contributed by atoms with Gasteiger partial charge in [-0.3, -0.25) is 0 Å². The monoisotopic (exact) mass is 1130 g/mol. The van der Waals surface area contributed by atoms with Gasteiger partial charge in [0.15, 0.2) is 0 Å². The number of ether oxygens (including phenoxy) is 2. The van der Waals surface area contributed by atoms with E-state index in [1.165, 1.54) is 66.8 Å². The van der Waals surface area contributed by atoms with Crippen molar-refractivity contribution in [3.05, 3.63) is 322 Å². The Morgan fingerprint density at radius 1 is 0.256 bits per heavy atom. The second-order valence-corrected chi connectivity index (χ2v) is 45.3. The topological polar surface area (TPSA) is 18.5 Å². The Morgan fingerprint density at radius 3 is 0.628 bits per heavy atom. The molecule has 0 spiro atoms. The first-order chi connectivity index (χ1) is 38.3. The number of rotatable bonds is 8. The van der Waals surface area contributed by atoms with Crippen LogP contribution >= 0.6 is 0 Å². The maximum absolute atomic E-state index is 7.99. The van der Waals surface area contributed by atoms with Crippen LogP contribution in [0.25, 0.3) is 22.3 Å². The van der Waals surface area contributed by atoms with Crippen LogP contribution in [0.4, 0.5) is 0 Å². The van der Waals surface area contributed by atoms with Gasteiger partial charge in [-0.2, -0.15) is 0 Å². The minimum atomic E-state index is -3.44. The van der Waals surface area contributed by atoms with E-state index in [-0.39, 0.29) is 65.1 Å². The fourth-order valence-electron chi connectivity index (χ4n) is 20.6. The Kier molecular flexibility index (Phi) is 9.56. The summed E-state index contributed by atoms with van der Waals surface area (Å²) in [6.07, 6.45) is -0.280. The quantitative estimate of drug-likeness (QED) is 0.141. The molecule has 0 saturated carbocycles. The zero-order valence-electron chi connectivity index (χ0n) is 44.7. The zero-order chi connectivity index (χ0) is 52.0. The summed E-state index contributed by atoms with van der Waals surface area (Å²) in [6.45, 7) is 0. The molecule has 8 bridgehead atoms. The fourth-order valence-corrected chi connectivity index (χ4v) is 48.0. The molecule has 0 aromatic heterocycles. The van der Waals surface area contributed by atoms with Crippen molar-refractivity contribution in [2.24, 2.45) is 23.7 Å². The molecule has 4 heteroatoms. The van der Waals surface area contributed by atoms with Gasteiger partial charge in [-0.15, -0.1) is 0 Å². The van der Waals surface area contributed by atoms with Crippen LogP contribution in [0, 0.1) is 23.7 Å². The van der Waals surface area contributed by atoms with Gasteiger partial charge in [-0.1, -0.05) is 0 Å². The Morgan fingerprint density at radius 2 is 0.436 bits per heavy atom. The van der Waals surface area contributed by atoms with Crippen molar-refractivity contribution >= 4 is 48.8 Å². The summed E-state index contributed by atoms with van der Waals surface area (Å²) in [5.41, 5.74) is 23.1. The molecule has 12 atom stereocenters. The van der Waals surface area contributed by atoms with Crippen molar-refractivity contribution < 1.29 is 9.47 Å². The molecule has 2 nitrogen and oxygen atoms in total. The standard InChI is InChI=1S/C74H62Ge2O2/c1-75(2)71(51-37-21-9-22-38-51)59(47-29-13-5-14-30-47)60(48-31-15-6-16-32-48)72(75,52-39-23-10-24-40-52)64-63(71)67-55-45-57-58(46-56(55)68(64)77-67)70-66-65(69(57)78-70)73(53-41-25-11-26-42-53)61(49-33-17-7-18-34-49)62(50-35-19-8-20-36-50)74(66,76(73,3)4)54-43-27-12-28-44-54/h5-46,63-70H,1-4H3/t63-,64+,65+,66-,67+,68-,69-,70+,71+,72-,73-,74+. The molecule has 0 radical (unpaired) electrons. The zero-order valence-corrected chi connectivity index (χ0v) is 48.9. The number of hydrogen-bond donors (Lipinski definition) is 0. The normalized spacial score (nSPS) is 33.1. The van der Waals surface area contributed by atoms with Crippen LogP contribution in [0.5, 0.6) is 0 Å². The van der Waals surface area contributed by atoms with Crippen LogP contribution in [0.2, 0.25) is 23.0 Å². The molecular weight excluding hydrogens is 1070 g/mol. The summed E-state index contributed by atoms with van der Waals surface area (Å²) in [5.74, 6) is 12.2. The van der Waals surface area contributed by atoms with Crippen molar-refractivity contribution in [3.63, 3.8) is 0 Å². The minimum absolute atomic E-state index is 0.0701. The Bertz CT molecular complexity index is 3450. The molecular formula is C74H62Ge2O2. The van der Waals surface area contributed by atoms with Crippen LogP contribution < -0.4 is 0 Å². The van der Waals surface area contributed by atoms with E-state index in [2.05, 4.69) is 278 Å². The van der Waals surface area contributed by atoms with Crippen LogP contribution in [0.1, 0.15) is 91.2 Å². The van der Waals surface area contributed by atoms with Gasteiger partial charge in [-0.05, 0) is 0 Å². The second kappa shape index (κ2) is 16.1. The van der Waals surface area contributed by atoms with Gasteiger partial charge >= 0.3 is 468 Å². The fraction of sp³-hybridized carbons (Fsp3) is 0.216. The Hall–Kier alpha value is -6.53. The molecule has 9 aromatic carbocycles. The molecule has 8 aliphatic heterocycles. The molecule has 9 aromatic rings. The maximum atomic E-state index is 7.99.